The van der Waals surface area contributed by atoms with E-state index in [4.69, 9.17) is 5.11 Å². The van der Waals surface area contributed by atoms with Gasteiger partial charge >= 0.3 is 5.97 Å². The molecule has 1 aliphatic carbocycles. The third-order valence-electron chi connectivity index (χ3n) is 4.80. The first kappa shape index (κ1) is 18.6. The van der Waals surface area contributed by atoms with Gasteiger partial charge < -0.3 is 5.11 Å². The molecule has 1 aliphatic rings. The maximum Gasteiger partial charge on any atom is 0.313 e. The second kappa shape index (κ2) is 8.03. The molecule has 0 radical (unpaired) electrons. The molecule has 0 atom stereocenters. The molecule has 1 fully saturated rings. The molecule has 140 valence electrons. The van der Waals surface area contributed by atoms with Crippen molar-refractivity contribution >= 4 is 23.9 Å². The molecule has 2 aromatic rings. The summed E-state index contributed by atoms with van der Waals surface area (Å²) in [5.74, 6) is 0.201. The molecule has 0 spiro atoms. The summed E-state index contributed by atoms with van der Waals surface area (Å²) in [6.07, 6.45) is 7.53. The Morgan fingerprint density at radius 2 is 2.04 bits per heavy atom. The van der Waals surface area contributed by atoms with E-state index in [9.17, 15) is 4.79 Å². The van der Waals surface area contributed by atoms with Crippen molar-refractivity contribution in [1.29, 1.82) is 0 Å². The van der Waals surface area contributed by atoms with Crippen molar-refractivity contribution < 1.29 is 9.90 Å². The Bertz CT molecular complexity index is 820. The minimum Gasteiger partial charge on any atom is -0.481 e. The van der Waals surface area contributed by atoms with Crippen LogP contribution in [0.1, 0.15) is 60.8 Å². The standard InChI is InChI=1S/C17H24N6O2S/c1-11-14(12(2)22(3)21-11)9-18-23-16(13-7-5-4-6-8-13)19-20-17(23)26-10-15(24)25/h9,13H,4-8,10H2,1-3H3,(H,24,25)/b18-9-. The fraction of sp³-hybridized carbons (Fsp3) is 0.588. The Balaban J connectivity index is 1.94. The van der Waals surface area contributed by atoms with E-state index in [0.29, 0.717) is 11.1 Å². The summed E-state index contributed by atoms with van der Waals surface area (Å²) >= 11 is 1.14. The van der Waals surface area contributed by atoms with E-state index >= 15 is 0 Å². The zero-order valence-corrected chi connectivity index (χ0v) is 16.2. The van der Waals surface area contributed by atoms with Gasteiger partial charge in [-0.1, -0.05) is 31.0 Å². The zero-order chi connectivity index (χ0) is 18.7. The lowest BCUT2D eigenvalue weighted by atomic mass is 9.89. The van der Waals surface area contributed by atoms with E-state index in [1.54, 1.807) is 10.9 Å². The minimum atomic E-state index is -0.883. The van der Waals surface area contributed by atoms with Gasteiger partial charge in [0.15, 0.2) is 5.82 Å². The number of thioether (sulfide) groups is 1. The Hall–Kier alpha value is -2.16. The fourth-order valence-corrected chi connectivity index (χ4v) is 3.92. The monoisotopic (exact) mass is 376 g/mol. The van der Waals surface area contributed by atoms with E-state index in [2.05, 4.69) is 20.4 Å². The molecule has 2 heterocycles. The van der Waals surface area contributed by atoms with Gasteiger partial charge in [0.25, 0.3) is 0 Å². The second-order valence-electron chi connectivity index (χ2n) is 6.62. The van der Waals surface area contributed by atoms with Crippen molar-refractivity contribution in [2.45, 2.75) is 57.0 Å². The molecular weight excluding hydrogens is 352 g/mol. The van der Waals surface area contributed by atoms with E-state index < -0.39 is 5.97 Å². The maximum absolute atomic E-state index is 10.9. The predicted octanol–water partition coefficient (Wildman–Crippen LogP) is 2.74. The van der Waals surface area contributed by atoms with Crippen LogP contribution in [0.25, 0.3) is 0 Å². The minimum absolute atomic E-state index is 0.0662. The summed E-state index contributed by atoms with van der Waals surface area (Å²) in [7, 11) is 1.90. The normalized spacial score (nSPS) is 15.8. The first-order valence-electron chi connectivity index (χ1n) is 8.81. The first-order chi connectivity index (χ1) is 12.5. The maximum atomic E-state index is 10.9. The number of nitrogens with zero attached hydrogens (tertiary/aromatic N) is 6. The molecule has 0 saturated heterocycles. The second-order valence-corrected chi connectivity index (χ2v) is 7.57. The highest BCUT2D eigenvalue weighted by atomic mass is 32.2. The van der Waals surface area contributed by atoms with Crippen molar-refractivity contribution in [2.24, 2.45) is 12.1 Å². The zero-order valence-electron chi connectivity index (χ0n) is 15.3. The van der Waals surface area contributed by atoms with Gasteiger partial charge in [-0.25, -0.2) is 0 Å². The van der Waals surface area contributed by atoms with Crippen LogP contribution in [0.2, 0.25) is 0 Å². The lowest BCUT2D eigenvalue weighted by Crippen LogP contribution is -2.11. The number of rotatable bonds is 6. The molecule has 26 heavy (non-hydrogen) atoms. The molecule has 0 aliphatic heterocycles. The summed E-state index contributed by atoms with van der Waals surface area (Å²) in [6.45, 7) is 3.94. The number of aryl methyl sites for hydroxylation is 2. The van der Waals surface area contributed by atoms with E-state index in [1.807, 2.05) is 25.6 Å². The topological polar surface area (TPSA) is 98.2 Å². The van der Waals surface area contributed by atoms with Gasteiger partial charge in [0.1, 0.15) is 0 Å². The van der Waals surface area contributed by atoms with Crippen LogP contribution < -0.4 is 0 Å². The SMILES string of the molecule is Cc1nn(C)c(C)c1/C=N\n1c(SCC(=O)O)nnc1C1CCCCC1. The Morgan fingerprint density at radius 1 is 1.31 bits per heavy atom. The molecular formula is C17H24N6O2S. The number of carbonyl (C=O) groups is 1. The van der Waals surface area contributed by atoms with Crippen molar-refractivity contribution in [3.8, 4) is 0 Å². The summed E-state index contributed by atoms with van der Waals surface area (Å²) < 4.78 is 3.54. The fourth-order valence-electron chi connectivity index (χ4n) is 3.31. The smallest absolute Gasteiger partial charge is 0.313 e. The van der Waals surface area contributed by atoms with E-state index in [-0.39, 0.29) is 5.75 Å². The van der Waals surface area contributed by atoms with E-state index in [0.717, 1.165) is 47.4 Å². The Kier molecular flexibility index (Phi) is 5.75. The van der Waals surface area contributed by atoms with Crippen molar-refractivity contribution in [3.05, 3.63) is 22.8 Å². The number of carboxylic acids is 1. The molecule has 0 unspecified atom stereocenters. The summed E-state index contributed by atoms with van der Waals surface area (Å²) in [5.41, 5.74) is 2.89. The van der Waals surface area contributed by atoms with Gasteiger partial charge in [0.2, 0.25) is 5.16 Å². The molecule has 2 aromatic heterocycles. The quantitative estimate of drug-likeness (QED) is 0.615. The highest BCUT2D eigenvalue weighted by Crippen LogP contribution is 2.33. The number of hydrogen-bond donors (Lipinski definition) is 1. The number of hydrogen-bond acceptors (Lipinski definition) is 6. The number of aromatic nitrogens is 5. The van der Waals surface area contributed by atoms with Gasteiger partial charge in [-0.15, -0.1) is 10.2 Å². The molecule has 0 bridgehead atoms. The molecule has 8 nitrogen and oxygen atoms in total. The van der Waals surface area contributed by atoms with Crippen LogP contribution in [0.5, 0.6) is 0 Å². The predicted molar refractivity (Wildman–Crippen MR) is 99.9 cm³/mol. The van der Waals surface area contributed by atoms with E-state index in [1.165, 1.54) is 19.3 Å². The van der Waals surface area contributed by atoms with Gasteiger partial charge in [-0.3, -0.25) is 9.48 Å². The molecule has 1 N–H and O–H groups in total. The number of aliphatic carboxylic acids is 1. The third kappa shape index (κ3) is 3.98. The van der Waals surface area contributed by atoms with Gasteiger partial charge in [-0.2, -0.15) is 14.9 Å². The Morgan fingerprint density at radius 3 is 2.65 bits per heavy atom. The summed E-state index contributed by atoms with van der Waals surface area (Å²) in [4.78, 5) is 10.9. The highest BCUT2D eigenvalue weighted by Gasteiger charge is 2.24. The summed E-state index contributed by atoms with van der Waals surface area (Å²) in [6, 6.07) is 0. The summed E-state index contributed by atoms with van der Waals surface area (Å²) in [5, 5.41) is 27.1. The van der Waals surface area contributed by atoms with Crippen LogP contribution in [-0.2, 0) is 11.8 Å². The molecule has 9 heteroatoms. The van der Waals surface area contributed by atoms with Crippen LogP contribution in [0.3, 0.4) is 0 Å². The Labute approximate surface area is 156 Å². The molecule has 0 amide bonds. The highest BCUT2D eigenvalue weighted by molar-refractivity contribution is 7.99. The van der Waals surface area contributed by atoms with Crippen molar-refractivity contribution in [2.75, 3.05) is 5.75 Å². The van der Waals surface area contributed by atoms with Gasteiger partial charge in [-0.05, 0) is 26.7 Å². The average Bonchev–Trinajstić information content (AvgIpc) is 3.13. The van der Waals surface area contributed by atoms with Crippen LogP contribution in [0.15, 0.2) is 10.3 Å². The lowest BCUT2D eigenvalue weighted by molar-refractivity contribution is -0.133. The third-order valence-corrected chi connectivity index (χ3v) is 5.70. The number of carboxylic acid groups (broad SMARTS) is 1. The van der Waals surface area contributed by atoms with Gasteiger partial charge in [0, 0.05) is 24.2 Å². The van der Waals surface area contributed by atoms with Crippen molar-refractivity contribution in [3.63, 3.8) is 0 Å². The van der Waals surface area contributed by atoms with Crippen LogP contribution in [0.4, 0.5) is 0 Å². The molecule has 1 saturated carbocycles. The van der Waals surface area contributed by atoms with Crippen LogP contribution in [0, 0.1) is 13.8 Å². The van der Waals surface area contributed by atoms with Crippen LogP contribution >= 0.6 is 11.8 Å². The lowest BCUT2D eigenvalue weighted by Gasteiger charge is -2.20. The first-order valence-corrected chi connectivity index (χ1v) is 9.80. The average molecular weight is 376 g/mol. The largest absolute Gasteiger partial charge is 0.481 e. The van der Waals surface area contributed by atoms with Crippen LogP contribution in [-0.4, -0.2) is 47.7 Å². The van der Waals surface area contributed by atoms with Gasteiger partial charge in [0.05, 0.1) is 17.7 Å². The molecule has 0 aromatic carbocycles. The van der Waals surface area contributed by atoms with Crippen molar-refractivity contribution in [1.82, 2.24) is 24.7 Å². The molecule has 3 rings (SSSR count).